The summed E-state index contributed by atoms with van der Waals surface area (Å²) < 4.78 is 35.3. The highest BCUT2D eigenvalue weighted by molar-refractivity contribution is 7.91. The molecule has 0 aliphatic carbocycles. The molecule has 8 heteroatoms. The SMILES string of the molecule is CC(C)=CCN1CCN(C(=O)c2ccc3c(c2)OCO3)[C@H]2CS(=O)(=O)C[C@H]21. The van der Waals surface area contributed by atoms with Crippen molar-refractivity contribution in [3.63, 3.8) is 0 Å². The highest BCUT2D eigenvalue weighted by Crippen LogP contribution is 2.34. The molecule has 2 saturated heterocycles. The van der Waals surface area contributed by atoms with E-state index in [1.54, 1.807) is 23.1 Å². The molecule has 0 aromatic heterocycles. The van der Waals surface area contributed by atoms with Gasteiger partial charge < -0.3 is 14.4 Å². The number of fused-ring (bicyclic) bond motifs is 2. The Labute approximate surface area is 159 Å². The number of hydrogen-bond acceptors (Lipinski definition) is 6. The molecule has 2 fully saturated rings. The van der Waals surface area contributed by atoms with Crippen LogP contribution in [0.2, 0.25) is 0 Å². The summed E-state index contributed by atoms with van der Waals surface area (Å²) in [7, 11) is -3.16. The van der Waals surface area contributed by atoms with Crippen LogP contribution >= 0.6 is 0 Å². The summed E-state index contributed by atoms with van der Waals surface area (Å²) in [4.78, 5) is 17.0. The highest BCUT2D eigenvalue weighted by atomic mass is 32.2. The van der Waals surface area contributed by atoms with Crippen molar-refractivity contribution in [2.75, 3.05) is 37.9 Å². The molecule has 2 atom stereocenters. The molecule has 7 nitrogen and oxygen atoms in total. The van der Waals surface area contributed by atoms with Crippen molar-refractivity contribution in [2.24, 2.45) is 0 Å². The molecular weight excluding hydrogens is 368 g/mol. The topological polar surface area (TPSA) is 76.2 Å². The summed E-state index contributed by atoms with van der Waals surface area (Å²) >= 11 is 0. The van der Waals surface area contributed by atoms with Crippen LogP contribution in [0.4, 0.5) is 0 Å². The van der Waals surface area contributed by atoms with E-state index in [0.29, 0.717) is 36.7 Å². The number of rotatable bonds is 3. The van der Waals surface area contributed by atoms with Gasteiger partial charge in [0.1, 0.15) is 0 Å². The normalized spacial score (nSPS) is 25.9. The molecule has 1 amide bonds. The molecule has 0 bridgehead atoms. The summed E-state index contributed by atoms with van der Waals surface area (Å²) in [5, 5.41) is 0. The van der Waals surface area contributed by atoms with Crippen molar-refractivity contribution in [1.82, 2.24) is 9.80 Å². The molecule has 0 saturated carbocycles. The fourth-order valence-corrected chi connectivity index (χ4v) is 6.01. The van der Waals surface area contributed by atoms with Crippen molar-refractivity contribution < 1.29 is 22.7 Å². The van der Waals surface area contributed by atoms with E-state index in [4.69, 9.17) is 9.47 Å². The quantitative estimate of drug-likeness (QED) is 0.722. The van der Waals surface area contributed by atoms with E-state index in [9.17, 15) is 13.2 Å². The fourth-order valence-electron chi connectivity index (χ4n) is 4.00. The van der Waals surface area contributed by atoms with Crippen LogP contribution in [0.1, 0.15) is 24.2 Å². The van der Waals surface area contributed by atoms with Crippen molar-refractivity contribution in [1.29, 1.82) is 0 Å². The highest BCUT2D eigenvalue weighted by Gasteiger charge is 2.47. The molecule has 0 spiro atoms. The number of benzene rings is 1. The van der Waals surface area contributed by atoms with E-state index in [-0.39, 0.29) is 36.3 Å². The Bertz CT molecular complexity index is 891. The summed E-state index contributed by atoms with van der Waals surface area (Å²) in [6.45, 7) is 6.10. The van der Waals surface area contributed by atoms with Crippen LogP contribution in [-0.2, 0) is 9.84 Å². The second-order valence-electron chi connectivity index (χ2n) is 7.55. The largest absolute Gasteiger partial charge is 0.454 e. The predicted molar refractivity (Wildman–Crippen MR) is 101 cm³/mol. The molecule has 27 heavy (non-hydrogen) atoms. The number of carbonyl (C=O) groups is 1. The molecule has 3 aliphatic rings. The number of amides is 1. The van der Waals surface area contributed by atoms with Gasteiger partial charge in [-0.1, -0.05) is 11.6 Å². The lowest BCUT2D eigenvalue weighted by atomic mass is 10.0. The average molecular weight is 392 g/mol. The molecule has 0 radical (unpaired) electrons. The fraction of sp³-hybridized carbons (Fsp3) is 0.526. The van der Waals surface area contributed by atoms with E-state index >= 15 is 0 Å². The summed E-state index contributed by atoms with van der Waals surface area (Å²) in [6.07, 6.45) is 2.11. The first-order valence-corrected chi connectivity index (χ1v) is 10.9. The number of allylic oxidation sites excluding steroid dienone is 1. The smallest absolute Gasteiger partial charge is 0.254 e. The van der Waals surface area contributed by atoms with Gasteiger partial charge in [-0.15, -0.1) is 0 Å². The third kappa shape index (κ3) is 3.55. The van der Waals surface area contributed by atoms with Gasteiger partial charge in [-0.25, -0.2) is 8.42 Å². The minimum atomic E-state index is -3.16. The van der Waals surface area contributed by atoms with Crippen LogP contribution < -0.4 is 9.47 Å². The lowest BCUT2D eigenvalue weighted by molar-refractivity contribution is 0.0368. The van der Waals surface area contributed by atoms with Gasteiger partial charge in [0.05, 0.1) is 17.5 Å². The number of ether oxygens (including phenoxy) is 2. The van der Waals surface area contributed by atoms with Crippen molar-refractivity contribution >= 4 is 15.7 Å². The molecule has 146 valence electrons. The van der Waals surface area contributed by atoms with Gasteiger partial charge in [0, 0.05) is 31.2 Å². The zero-order valence-corrected chi connectivity index (χ0v) is 16.4. The van der Waals surface area contributed by atoms with Crippen LogP contribution in [0.25, 0.3) is 0 Å². The predicted octanol–water partition coefficient (Wildman–Crippen LogP) is 1.30. The number of nitrogens with zero attached hydrogens (tertiary/aromatic N) is 2. The first kappa shape index (κ1) is 18.3. The number of piperazine rings is 1. The monoisotopic (exact) mass is 392 g/mol. The Morgan fingerprint density at radius 3 is 2.67 bits per heavy atom. The van der Waals surface area contributed by atoms with E-state index in [1.807, 2.05) is 13.8 Å². The Morgan fingerprint density at radius 1 is 1.15 bits per heavy atom. The van der Waals surface area contributed by atoms with E-state index < -0.39 is 9.84 Å². The van der Waals surface area contributed by atoms with Crippen LogP contribution in [0, 0.1) is 0 Å². The molecule has 4 rings (SSSR count). The third-order valence-electron chi connectivity index (χ3n) is 5.41. The standard InChI is InChI=1S/C19H24N2O5S/c1-13(2)5-6-20-7-8-21(16-11-27(23,24)10-15(16)20)19(22)14-3-4-17-18(9-14)26-12-25-17/h3-5,9,15-16H,6-8,10-12H2,1-2H3/t15-,16+/m1/s1. The van der Waals surface area contributed by atoms with E-state index in [1.165, 1.54) is 5.57 Å². The molecule has 1 aromatic carbocycles. The van der Waals surface area contributed by atoms with Crippen molar-refractivity contribution in [3.8, 4) is 11.5 Å². The Kier molecular flexibility index (Phi) is 4.63. The zero-order chi connectivity index (χ0) is 19.2. The van der Waals surface area contributed by atoms with Gasteiger partial charge in [-0.05, 0) is 32.0 Å². The maximum absolute atomic E-state index is 13.1. The van der Waals surface area contributed by atoms with E-state index in [0.717, 1.165) is 0 Å². The van der Waals surface area contributed by atoms with Gasteiger partial charge in [-0.2, -0.15) is 0 Å². The minimum Gasteiger partial charge on any atom is -0.454 e. The number of sulfone groups is 1. The second kappa shape index (κ2) is 6.83. The Balaban J connectivity index is 1.58. The molecular formula is C19H24N2O5S. The van der Waals surface area contributed by atoms with Gasteiger partial charge in [0.25, 0.3) is 5.91 Å². The molecule has 3 aliphatic heterocycles. The Morgan fingerprint density at radius 2 is 1.89 bits per heavy atom. The minimum absolute atomic E-state index is 0.0271. The summed E-state index contributed by atoms with van der Waals surface area (Å²) in [5.41, 5.74) is 1.70. The molecule has 0 N–H and O–H groups in total. The number of hydrogen-bond donors (Lipinski definition) is 0. The number of carbonyl (C=O) groups excluding carboxylic acids is 1. The van der Waals surface area contributed by atoms with Crippen molar-refractivity contribution in [3.05, 3.63) is 35.4 Å². The van der Waals surface area contributed by atoms with Crippen LogP contribution in [0.15, 0.2) is 29.8 Å². The first-order chi connectivity index (χ1) is 12.8. The lowest BCUT2D eigenvalue weighted by Gasteiger charge is -2.43. The van der Waals surface area contributed by atoms with Gasteiger partial charge in [0.2, 0.25) is 6.79 Å². The maximum Gasteiger partial charge on any atom is 0.254 e. The lowest BCUT2D eigenvalue weighted by Crippen LogP contribution is -2.60. The van der Waals surface area contributed by atoms with Gasteiger partial charge in [0.15, 0.2) is 21.3 Å². The third-order valence-corrected chi connectivity index (χ3v) is 7.10. The molecule has 1 aromatic rings. The van der Waals surface area contributed by atoms with Crippen molar-refractivity contribution in [2.45, 2.75) is 25.9 Å². The molecule has 0 unspecified atom stereocenters. The average Bonchev–Trinajstić information content (AvgIpc) is 3.20. The van der Waals surface area contributed by atoms with Crippen LogP contribution in [0.3, 0.4) is 0 Å². The first-order valence-electron chi connectivity index (χ1n) is 9.12. The van der Waals surface area contributed by atoms with Gasteiger partial charge in [-0.3, -0.25) is 9.69 Å². The van der Waals surface area contributed by atoms with Crippen LogP contribution in [-0.4, -0.2) is 74.1 Å². The van der Waals surface area contributed by atoms with Gasteiger partial charge >= 0.3 is 0 Å². The summed E-state index contributed by atoms with van der Waals surface area (Å²) in [6, 6.07) is 4.65. The zero-order valence-electron chi connectivity index (χ0n) is 15.6. The maximum atomic E-state index is 13.1. The second-order valence-corrected chi connectivity index (χ2v) is 9.71. The Hall–Kier alpha value is -2.06. The van der Waals surface area contributed by atoms with Crippen LogP contribution in [0.5, 0.6) is 11.5 Å². The summed E-state index contributed by atoms with van der Waals surface area (Å²) in [5.74, 6) is 1.17. The van der Waals surface area contributed by atoms with E-state index in [2.05, 4.69) is 11.0 Å². The molecule has 3 heterocycles.